The van der Waals surface area contributed by atoms with Crippen LogP contribution < -0.4 is 10.1 Å². The van der Waals surface area contributed by atoms with Gasteiger partial charge in [-0.2, -0.15) is 0 Å². The minimum absolute atomic E-state index is 0.0580. The normalized spacial score (nSPS) is 21.8. The van der Waals surface area contributed by atoms with Crippen LogP contribution in [0.4, 0.5) is 0 Å². The van der Waals surface area contributed by atoms with Crippen LogP contribution in [-0.2, 0) is 4.79 Å². The Hall–Kier alpha value is -2.37. The van der Waals surface area contributed by atoms with Crippen LogP contribution in [0.2, 0.25) is 0 Å². The molecule has 0 aliphatic carbocycles. The molecule has 5 heteroatoms. The summed E-state index contributed by atoms with van der Waals surface area (Å²) >= 11 is 0. The first-order valence-corrected chi connectivity index (χ1v) is 9.81. The lowest BCUT2D eigenvalue weighted by Gasteiger charge is -2.33. The van der Waals surface area contributed by atoms with E-state index >= 15 is 0 Å². The number of carbonyl (C=O) groups is 1. The largest absolute Gasteiger partial charge is 0.476 e. The molecule has 2 fully saturated rings. The number of likely N-dealkylation sites (tertiary alicyclic amines) is 1. The van der Waals surface area contributed by atoms with Gasteiger partial charge in [0.2, 0.25) is 6.10 Å². The first-order valence-electron chi connectivity index (χ1n) is 9.81. The zero-order chi connectivity index (χ0) is 18.5. The Morgan fingerprint density at radius 2 is 1.63 bits per heavy atom. The number of amides is 1. The third kappa shape index (κ3) is 4.31. The molecule has 0 aromatic heterocycles. The van der Waals surface area contributed by atoms with Crippen molar-refractivity contribution in [3.8, 4) is 5.75 Å². The molecule has 4 rings (SSSR count). The topological polar surface area (TPSA) is 44.8 Å². The molecule has 2 heterocycles. The van der Waals surface area contributed by atoms with E-state index in [0.717, 1.165) is 57.0 Å². The van der Waals surface area contributed by atoms with Gasteiger partial charge < -0.3 is 15.0 Å². The van der Waals surface area contributed by atoms with Gasteiger partial charge in [0.05, 0.1) is 0 Å². The summed E-state index contributed by atoms with van der Waals surface area (Å²) in [6.45, 7) is 5.79. The molecule has 0 spiro atoms. The second kappa shape index (κ2) is 8.55. The Balaban J connectivity index is 1.49. The van der Waals surface area contributed by atoms with Crippen molar-refractivity contribution >= 4 is 5.91 Å². The summed E-state index contributed by atoms with van der Waals surface area (Å²) in [5.74, 6) is 0.778. The van der Waals surface area contributed by atoms with Crippen LogP contribution in [0.25, 0.3) is 0 Å². The zero-order valence-corrected chi connectivity index (χ0v) is 15.6. The smallest absolute Gasteiger partial charge is 0.268 e. The van der Waals surface area contributed by atoms with Gasteiger partial charge >= 0.3 is 0 Å². The van der Waals surface area contributed by atoms with Crippen LogP contribution in [0.1, 0.15) is 18.1 Å². The van der Waals surface area contributed by atoms with Crippen molar-refractivity contribution in [3.05, 3.63) is 66.2 Å². The van der Waals surface area contributed by atoms with E-state index in [0.29, 0.717) is 6.04 Å². The van der Waals surface area contributed by atoms with E-state index in [4.69, 9.17) is 4.74 Å². The third-order valence-corrected chi connectivity index (χ3v) is 5.47. The summed E-state index contributed by atoms with van der Waals surface area (Å²) in [5, 5.41) is 3.40. The number of benzene rings is 2. The zero-order valence-electron chi connectivity index (χ0n) is 15.6. The Labute approximate surface area is 160 Å². The highest BCUT2D eigenvalue weighted by atomic mass is 16.5. The molecular formula is C22H27N3O2. The molecule has 1 amide bonds. The van der Waals surface area contributed by atoms with Crippen LogP contribution in [-0.4, -0.2) is 61.0 Å². The number of rotatable bonds is 5. The Kier molecular flexibility index (Phi) is 5.70. The lowest BCUT2D eigenvalue weighted by molar-refractivity contribution is -0.138. The fourth-order valence-corrected chi connectivity index (χ4v) is 3.98. The maximum Gasteiger partial charge on any atom is 0.268 e. The van der Waals surface area contributed by atoms with Gasteiger partial charge in [-0.15, -0.1) is 0 Å². The van der Waals surface area contributed by atoms with Crippen LogP contribution in [0.5, 0.6) is 5.75 Å². The number of nitrogens with zero attached hydrogens (tertiary/aromatic N) is 2. The minimum atomic E-state index is -0.602. The van der Waals surface area contributed by atoms with E-state index in [2.05, 4.69) is 10.2 Å². The van der Waals surface area contributed by atoms with Crippen molar-refractivity contribution in [1.29, 1.82) is 0 Å². The minimum Gasteiger partial charge on any atom is -0.476 e. The molecule has 142 valence electrons. The van der Waals surface area contributed by atoms with Gasteiger partial charge in [0.15, 0.2) is 0 Å². The molecule has 0 saturated carbocycles. The lowest BCUT2D eigenvalue weighted by Crippen LogP contribution is -2.49. The number of hydrogen-bond donors (Lipinski definition) is 1. The standard InChI is InChI=1S/C22H27N3O2/c26-22(25-14-11-19(17-25)24-15-12-23-13-16-24)21(18-7-3-1-4-8-18)27-20-9-5-2-6-10-20/h1-10,19,21,23H,11-17H2. The fourth-order valence-electron chi connectivity index (χ4n) is 3.98. The predicted octanol–water partition coefficient (Wildman–Crippen LogP) is 2.31. The van der Waals surface area contributed by atoms with Gasteiger partial charge in [-0.1, -0.05) is 48.5 Å². The summed E-state index contributed by atoms with van der Waals surface area (Å²) < 4.78 is 6.14. The second-order valence-electron chi connectivity index (χ2n) is 7.23. The van der Waals surface area contributed by atoms with Gasteiger partial charge in [0, 0.05) is 50.9 Å². The highest BCUT2D eigenvalue weighted by molar-refractivity contribution is 5.83. The van der Waals surface area contributed by atoms with Crippen LogP contribution >= 0.6 is 0 Å². The number of para-hydroxylation sites is 1. The Morgan fingerprint density at radius 3 is 2.33 bits per heavy atom. The monoisotopic (exact) mass is 365 g/mol. The molecule has 2 aromatic carbocycles. The molecule has 0 radical (unpaired) electrons. The van der Waals surface area contributed by atoms with Gasteiger partial charge in [0.1, 0.15) is 5.75 Å². The summed E-state index contributed by atoms with van der Waals surface area (Å²) in [5.41, 5.74) is 0.900. The average Bonchev–Trinajstić information content (AvgIpc) is 3.24. The van der Waals surface area contributed by atoms with Crippen molar-refractivity contribution in [2.45, 2.75) is 18.6 Å². The summed E-state index contributed by atoms with van der Waals surface area (Å²) in [6, 6.07) is 19.9. The second-order valence-corrected chi connectivity index (χ2v) is 7.23. The van der Waals surface area contributed by atoms with Crippen LogP contribution in [0.15, 0.2) is 60.7 Å². The van der Waals surface area contributed by atoms with E-state index < -0.39 is 6.10 Å². The SMILES string of the molecule is O=C(C(Oc1ccccc1)c1ccccc1)N1CCC(N2CCNCC2)C1. The van der Waals surface area contributed by atoms with Crippen LogP contribution in [0.3, 0.4) is 0 Å². The fraction of sp³-hybridized carbons (Fsp3) is 0.409. The molecule has 2 unspecified atom stereocenters. The van der Waals surface area contributed by atoms with Gasteiger partial charge in [-0.25, -0.2) is 0 Å². The highest BCUT2D eigenvalue weighted by Crippen LogP contribution is 2.26. The number of piperazine rings is 1. The lowest BCUT2D eigenvalue weighted by atomic mass is 10.1. The van der Waals surface area contributed by atoms with Crippen molar-refractivity contribution < 1.29 is 9.53 Å². The van der Waals surface area contributed by atoms with E-state index in [9.17, 15) is 4.79 Å². The van der Waals surface area contributed by atoms with Crippen LogP contribution in [0, 0.1) is 0 Å². The summed E-state index contributed by atoms with van der Waals surface area (Å²) in [6.07, 6.45) is 0.439. The molecule has 2 aliphatic rings. The third-order valence-electron chi connectivity index (χ3n) is 5.47. The van der Waals surface area contributed by atoms with E-state index in [-0.39, 0.29) is 5.91 Å². The Morgan fingerprint density at radius 1 is 0.963 bits per heavy atom. The quantitative estimate of drug-likeness (QED) is 0.883. The molecule has 27 heavy (non-hydrogen) atoms. The van der Waals surface area contributed by atoms with Gasteiger partial charge in [-0.3, -0.25) is 9.69 Å². The Bertz CT molecular complexity index is 732. The van der Waals surface area contributed by atoms with Gasteiger partial charge in [0.25, 0.3) is 5.91 Å². The molecule has 2 aliphatic heterocycles. The van der Waals surface area contributed by atoms with E-state index in [1.165, 1.54) is 0 Å². The van der Waals surface area contributed by atoms with Gasteiger partial charge in [-0.05, 0) is 18.6 Å². The average molecular weight is 365 g/mol. The van der Waals surface area contributed by atoms with E-state index in [1.807, 2.05) is 65.6 Å². The van der Waals surface area contributed by atoms with Crippen molar-refractivity contribution in [2.24, 2.45) is 0 Å². The summed E-state index contributed by atoms with van der Waals surface area (Å²) in [4.78, 5) is 17.8. The van der Waals surface area contributed by atoms with Crippen molar-refractivity contribution in [3.63, 3.8) is 0 Å². The maximum absolute atomic E-state index is 13.3. The summed E-state index contributed by atoms with van der Waals surface area (Å²) in [7, 11) is 0. The number of carbonyl (C=O) groups excluding carboxylic acids is 1. The predicted molar refractivity (Wildman–Crippen MR) is 106 cm³/mol. The molecule has 0 bridgehead atoms. The maximum atomic E-state index is 13.3. The molecule has 5 nitrogen and oxygen atoms in total. The highest BCUT2D eigenvalue weighted by Gasteiger charge is 2.35. The van der Waals surface area contributed by atoms with E-state index in [1.54, 1.807) is 0 Å². The first-order chi connectivity index (χ1) is 13.3. The first kappa shape index (κ1) is 18.0. The number of hydrogen-bond acceptors (Lipinski definition) is 4. The molecule has 2 saturated heterocycles. The molecular weight excluding hydrogens is 338 g/mol. The van der Waals surface area contributed by atoms with Crippen molar-refractivity contribution in [2.75, 3.05) is 39.3 Å². The molecule has 1 N–H and O–H groups in total. The number of ether oxygens (including phenoxy) is 1. The molecule has 2 aromatic rings. The number of nitrogens with one attached hydrogen (secondary N) is 1. The molecule has 2 atom stereocenters. The van der Waals surface area contributed by atoms with Crippen molar-refractivity contribution in [1.82, 2.24) is 15.1 Å².